The molecular formula is C19H28N2O3. The summed E-state index contributed by atoms with van der Waals surface area (Å²) >= 11 is 0. The third kappa shape index (κ3) is 7.08. The molecule has 0 radical (unpaired) electrons. The van der Waals surface area contributed by atoms with Crippen LogP contribution in [-0.4, -0.2) is 37.1 Å². The summed E-state index contributed by atoms with van der Waals surface area (Å²) in [6.45, 7) is 12.5. The molecule has 0 aromatic carbocycles. The van der Waals surface area contributed by atoms with E-state index in [4.69, 9.17) is 4.74 Å². The minimum atomic E-state index is -0.374. The summed E-state index contributed by atoms with van der Waals surface area (Å²) in [6, 6.07) is 0.162. The largest absolute Gasteiger partial charge is 0.462 e. The van der Waals surface area contributed by atoms with Crippen LogP contribution in [-0.2, 0) is 14.3 Å². The monoisotopic (exact) mass is 332 g/mol. The van der Waals surface area contributed by atoms with Gasteiger partial charge in [0.25, 0.3) is 0 Å². The Labute approximate surface area is 144 Å². The normalized spacial score (nSPS) is 24.9. The van der Waals surface area contributed by atoms with Crippen LogP contribution >= 0.6 is 0 Å². The SMILES string of the molecule is C=C(C)C(=O)OCCC=C=NC1CC(C)(C)CC(C)(CN=C=O)C1. The molecule has 0 spiro atoms. The second kappa shape index (κ2) is 8.77. The lowest BCUT2D eigenvalue weighted by Crippen LogP contribution is -2.39. The number of isocyanates is 1. The molecule has 1 aliphatic rings. The second-order valence-electron chi connectivity index (χ2n) is 7.79. The summed E-state index contributed by atoms with van der Waals surface area (Å²) < 4.78 is 5.01. The quantitative estimate of drug-likeness (QED) is 0.235. The van der Waals surface area contributed by atoms with E-state index in [1.165, 1.54) is 0 Å². The number of aliphatic imine (C=N–C) groups is 2. The Morgan fingerprint density at radius 2 is 2.08 bits per heavy atom. The highest BCUT2D eigenvalue weighted by Crippen LogP contribution is 2.47. The van der Waals surface area contributed by atoms with Gasteiger partial charge in [-0.15, -0.1) is 0 Å². The molecule has 0 bridgehead atoms. The average molecular weight is 332 g/mol. The molecule has 2 unspecified atom stereocenters. The maximum Gasteiger partial charge on any atom is 0.333 e. The lowest BCUT2D eigenvalue weighted by atomic mass is 9.63. The first-order valence-corrected chi connectivity index (χ1v) is 8.31. The molecule has 5 nitrogen and oxygen atoms in total. The number of rotatable bonds is 7. The van der Waals surface area contributed by atoms with E-state index in [-0.39, 0.29) is 22.8 Å². The zero-order valence-electron chi connectivity index (χ0n) is 15.2. The van der Waals surface area contributed by atoms with Gasteiger partial charge in [-0.2, -0.15) is 0 Å². The van der Waals surface area contributed by atoms with Crippen LogP contribution in [0.15, 0.2) is 28.2 Å². The summed E-state index contributed by atoms with van der Waals surface area (Å²) in [5, 5.41) is 0. The van der Waals surface area contributed by atoms with E-state index in [0.29, 0.717) is 25.1 Å². The van der Waals surface area contributed by atoms with Gasteiger partial charge in [0.15, 0.2) is 0 Å². The standard InChI is InChI=1S/C19H28N2O3/c1-15(2)17(23)24-9-7-6-8-21-16-10-18(3,4)12-19(5,11-16)13-20-14-22/h6,16H,1,7,9-13H2,2-5H3. The summed E-state index contributed by atoms with van der Waals surface area (Å²) in [5.41, 5.74) is 0.513. The van der Waals surface area contributed by atoms with Gasteiger partial charge < -0.3 is 4.74 Å². The highest BCUT2D eigenvalue weighted by molar-refractivity contribution is 5.86. The van der Waals surface area contributed by atoms with Crippen molar-refractivity contribution in [1.82, 2.24) is 0 Å². The minimum absolute atomic E-state index is 0.0357. The topological polar surface area (TPSA) is 68.1 Å². The van der Waals surface area contributed by atoms with E-state index < -0.39 is 0 Å². The van der Waals surface area contributed by atoms with Crippen molar-refractivity contribution >= 4 is 17.9 Å². The Hall–Kier alpha value is -1.96. The predicted molar refractivity (Wildman–Crippen MR) is 94.9 cm³/mol. The molecule has 0 heterocycles. The van der Waals surface area contributed by atoms with Crippen molar-refractivity contribution in [3.05, 3.63) is 18.2 Å². The number of hydrogen-bond acceptors (Lipinski definition) is 5. The van der Waals surface area contributed by atoms with Gasteiger partial charge in [0.1, 0.15) is 0 Å². The van der Waals surface area contributed by atoms with Gasteiger partial charge in [0, 0.05) is 12.0 Å². The molecule has 1 fully saturated rings. The number of nitrogens with zero attached hydrogens (tertiary/aromatic N) is 2. The van der Waals surface area contributed by atoms with Crippen molar-refractivity contribution in [3.8, 4) is 0 Å². The fourth-order valence-electron chi connectivity index (χ4n) is 3.57. The first kappa shape index (κ1) is 20.1. The molecular weight excluding hydrogens is 304 g/mol. The van der Waals surface area contributed by atoms with E-state index in [1.807, 2.05) is 0 Å². The van der Waals surface area contributed by atoms with E-state index in [0.717, 1.165) is 19.3 Å². The molecule has 0 aromatic rings. The summed E-state index contributed by atoms with van der Waals surface area (Å²) in [7, 11) is 0. The van der Waals surface area contributed by atoms with Crippen LogP contribution in [0.2, 0.25) is 0 Å². The summed E-state index contributed by atoms with van der Waals surface area (Å²) in [5.74, 6) is 2.59. The van der Waals surface area contributed by atoms with Gasteiger partial charge in [-0.05, 0) is 49.0 Å². The van der Waals surface area contributed by atoms with Crippen molar-refractivity contribution in [2.45, 2.75) is 59.4 Å². The molecule has 1 saturated carbocycles. The first-order valence-electron chi connectivity index (χ1n) is 8.31. The van der Waals surface area contributed by atoms with Gasteiger partial charge in [-0.3, -0.25) is 0 Å². The van der Waals surface area contributed by atoms with Gasteiger partial charge in [0.2, 0.25) is 6.08 Å². The summed E-state index contributed by atoms with van der Waals surface area (Å²) in [4.78, 5) is 30.0. The molecule has 132 valence electrons. The number of esters is 1. The van der Waals surface area contributed by atoms with Crippen molar-refractivity contribution in [2.24, 2.45) is 20.8 Å². The van der Waals surface area contributed by atoms with Gasteiger partial charge in [-0.25, -0.2) is 19.6 Å². The fraction of sp³-hybridized carbons (Fsp3) is 0.684. The first-order chi connectivity index (χ1) is 11.2. The number of ether oxygens (including phenoxy) is 1. The van der Waals surface area contributed by atoms with Crippen molar-refractivity contribution in [3.63, 3.8) is 0 Å². The third-order valence-electron chi connectivity index (χ3n) is 4.14. The van der Waals surface area contributed by atoms with Crippen molar-refractivity contribution in [2.75, 3.05) is 13.2 Å². The molecule has 5 heteroatoms. The van der Waals surface area contributed by atoms with Crippen LogP contribution in [0, 0.1) is 10.8 Å². The zero-order valence-corrected chi connectivity index (χ0v) is 15.2. The number of hydrogen-bond donors (Lipinski definition) is 0. The van der Waals surface area contributed by atoms with Crippen molar-refractivity contribution in [1.29, 1.82) is 0 Å². The Morgan fingerprint density at radius 3 is 2.71 bits per heavy atom. The average Bonchev–Trinajstić information content (AvgIpc) is 2.46. The van der Waals surface area contributed by atoms with Crippen LogP contribution in [0.4, 0.5) is 0 Å². The van der Waals surface area contributed by atoms with Crippen LogP contribution in [0.1, 0.15) is 53.4 Å². The molecule has 0 N–H and O–H groups in total. The molecule has 2 atom stereocenters. The molecule has 0 amide bonds. The van der Waals surface area contributed by atoms with Gasteiger partial charge in [-0.1, -0.05) is 27.4 Å². The van der Waals surface area contributed by atoms with Gasteiger partial charge in [0.05, 0.1) is 19.2 Å². The zero-order chi connectivity index (χ0) is 18.2. The number of carbonyl (C=O) groups excluding carboxylic acids is 2. The lowest BCUT2D eigenvalue weighted by Gasteiger charge is -2.44. The molecule has 0 saturated heterocycles. The Balaban J connectivity index is 2.58. The molecule has 24 heavy (non-hydrogen) atoms. The minimum Gasteiger partial charge on any atom is -0.462 e. The molecule has 1 aliphatic carbocycles. The van der Waals surface area contributed by atoms with Crippen LogP contribution in [0.3, 0.4) is 0 Å². The second-order valence-corrected chi connectivity index (χ2v) is 7.79. The maximum atomic E-state index is 11.2. The number of carbonyl (C=O) groups is 1. The van der Waals surface area contributed by atoms with E-state index >= 15 is 0 Å². The van der Waals surface area contributed by atoms with Gasteiger partial charge >= 0.3 is 5.97 Å². The molecule has 0 aliphatic heterocycles. The fourth-order valence-corrected chi connectivity index (χ4v) is 3.57. The predicted octanol–water partition coefficient (Wildman–Crippen LogP) is 3.64. The maximum absolute atomic E-state index is 11.2. The Kier molecular flexibility index (Phi) is 7.34. The van der Waals surface area contributed by atoms with E-state index in [2.05, 4.69) is 43.2 Å². The molecule has 1 rings (SSSR count). The highest BCUT2D eigenvalue weighted by Gasteiger charge is 2.41. The third-order valence-corrected chi connectivity index (χ3v) is 4.14. The van der Waals surface area contributed by atoms with Crippen LogP contribution in [0.25, 0.3) is 0 Å². The van der Waals surface area contributed by atoms with Crippen LogP contribution < -0.4 is 0 Å². The molecule has 0 aromatic heterocycles. The van der Waals surface area contributed by atoms with Crippen molar-refractivity contribution < 1.29 is 14.3 Å². The Morgan fingerprint density at radius 1 is 1.38 bits per heavy atom. The highest BCUT2D eigenvalue weighted by atomic mass is 16.5. The smallest absolute Gasteiger partial charge is 0.333 e. The Bertz CT molecular complexity index is 581. The lowest BCUT2D eigenvalue weighted by molar-refractivity contribution is -0.138. The van der Waals surface area contributed by atoms with E-state index in [9.17, 15) is 9.59 Å². The summed E-state index contributed by atoms with van der Waals surface area (Å²) in [6.07, 6.45) is 6.88. The van der Waals surface area contributed by atoms with Crippen LogP contribution in [0.5, 0.6) is 0 Å². The van der Waals surface area contributed by atoms with E-state index in [1.54, 1.807) is 19.1 Å².